The molecule has 0 saturated carbocycles. The molecule has 4 heteroatoms. The molecule has 0 radical (unpaired) electrons. The Morgan fingerprint density at radius 2 is 2.43 bits per heavy atom. The predicted molar refractivity (Wildman–Crippen MR) is 54.5 cm³/mol. The molecule has 1 heterocycles. The first kappa shape index (κ1) is 8.74. The summed E-state index contributed by atoms with van der Waals surface area (Å²) in [5.41, 5.74) is 1.75. The number of H-pyrrole nitrogens is 1. The molecule has 14 heavy (non-hydrogen) atoms. The fourth-order valence-corrected chi connectivity index (χ4v) is 1.31. The Labute approximate surface area is 81.4 Å². The van der Waals surface area contributed by atoms with Crippen LogP contribution in [-0.2, 0) is 4.74 Å². The van der Waals surface area contributed by atoms with Gasteiger partial charge in [0, 0.05) is 10.9 Å². The normalized spacial score (nSPS) is 10.4. The minimum atomic E-state index is 0.204. The molecule has 0 aliphatic carbocycles. The van der Waals surface area contributed by atoms with Crippen molar-refractivity contribution >= 4 is 16.8 Å². The standard InChI is InChI=1S/C10H11N3O/c1-2-14-10(11)7-3-4-9-8(5-7)6-12-13-9/h3-6,11H,2H2,1H3,(H,12,13). The van der Waals surface area contributed by atoms with E-state index in [1.54, 1.807) is 6.20 Å². The van der Waals surface area contributed by atoms with Crippen LogP contribution in [-0.4, -0.2) is 22.7 Å². The molecule has 0 amide bonds. The van der Waals surface area contributed by atoms with E-state index in [0.29, 0.717) is 6.61 Å². The van der Waals surface area contributed by atoms with E-state index in [1.807, 2.05) is 25.1 Å². The van der Waals surface area contributed by atoms with Gasteiger partial charge in [-0.2, -0.15) is 5.10 Å². The minimum Gasteiger partial charge on any atom is -0.478 e. The van der Waals surface area contributed by atoms with Crippen molar-refractivity contribution in [2.45, 2.75) is 6.92 Å². The molecule has 72 valence electrons. The lowest BCUT2D eigenvalue weighted by Crippen LogP contribution is -2.03. The summed E-state index contributed by atoms with van der Waals surface area (Å²) >= 11 is 0. The predicted octanol–water partition coefficient (Wildman–Crippen LogP) is 1.92. The van der Waals surface area contributed by atoms with Gasteiger partial charge in [-0.3, -0.25) is 10.5 Å². The van der Waals surface area contributed by atoms with Crippen molar-refractivity contribution in [3.63, 3.8) is 0 Å². The number of aromatic amines is 1. The fourth-order valence-electron chi connectivity index (χ4n) is 1.31. The molecule has 0 saturated heterocycles. The molecule has 0 atom stereocenters. The van der Waals surface area contributed by atoms with Crippen LogP contribution in [0, 0.1) is 5.41 Å². The Morgan fingerprint density at radius 3 is 3.21 bits per heavy atom. The summed E-state index contributed by atoms with van der Waals surface area (Å²) in [7, 11) is 0. The highest BCUT2D eigenvalue weighted by molar-refractivity contribution is 5.95. The summed E-state index contributed by atoms with van der Waals surface area (Å²) in [5.74, 6) is 0.204. The van der Waals surface area contributed by atoms with Crippen LogP contribution in [0.3, 0.4) is 0 Å². The maximum Gasteiger partial charge on any atom is 0.213 e. The van der Waals surface area contributed by atoms with Crippen molar-refractivity contribution in [3.05, 3.63) is 30.0 Å². The van der Waals surface area contributed by atoms with Gasteiger partial charge in [-0.15, -0.1) is 0 Å². The summed E-state index contributed by atoms with van der Waals surface area (Å²) in [6.07, 6.45) is 1.73. The lowest BCUT2D eigenvalue weighted by Gasteiger charge is -2.03. The third kappa shape index (κ3) is 1.46. The van der Waals surface area contributed by atoms with Gasteiger partial charge >= 0.3 is 0 Å². The molecule has 0 spiro atoms. The molecular weight excluding hydrogens is 178 g/mol. The largest absolute Gasteiger partial charge is 0.478 e. The van der Waals surface area contributed by atoms with E-state index in [-0.39, 0.29) is 5.90 Å². The molecule has 2 aromatic rings. The van der Waals surface area contributed by atoms with Crippen LogP contribution in [0.4, 0.5) is 0 Å². The number of aromatic nitrogens is 2. The molecule has 0 fully saturated rings. The van der Waals surface area contributed by atoms with Gasteiger partial charge < -0.3 is 4.74 Å². The second-order valence-corrected chi connectivity index (χ2v) is 2.93. The van der Waals surface area contributed by atoms with Gasteiger partial charge in [-0.1, -0.05) is 0 Å². The Morgan fingerprint density at radius 1 is 1.57 bits per heavy atom. The highest BCUT2D eigenvalue weighted by Gasteiger charge is 2.03. The topological polar surface area (TPSA) is 61.8 Å². The summed E-state index contributed by atoms with van der Waals surface area (Å²) in [6.45, 7) is 2.38. The lowest BCUT2D eigenvalue weighted by molar-refractivity contribution is 0.325. The second kappa shape index (κ2) is 3.49. The van der Waals surface area contributed by atoms with Crippen LogP contribution >= 0.6 is 0 Å². The van der Waals surface area contributed by atoms with Crippen molar-refractivity contribution in [1.82, 2.24) is 10.2 Å². The number of fused-ring (bicyclic) bond motifs is 1. The van der Waals surface area contributed by atoms with Crippen molar-refractivity contribution in [1.29, 1.82) is 5.41 Å². The number of nitrogens with zero attached hydrogens (tertiary/aromatic N) is 1. The fraction of sp³-hybridized carbons (Fsp3) is 0.200. The van der Waals surface area contributed by atoms with E-state index >= 15 is 0 Å². The molecule has 0 unspecified atom stereocenters. The zero-order chi connectivity index (χ0) is 9.97. The Kier molecular flexibility index (Phi) is 2.18. The molecule has 0 aliphatic heterocycles. The van der Waals surface area contributed by atoms with Gasteiger partial charge in [0.2, 0.25) is 5.90 Å². The highest BCUT2D eigenvalue weighted by atomic mass is 16.5. The minimum absolute atomic E-state index is 0.204. The molecule has 4 nitrogen and oxygen atoms in total. The van der Waals surface area contributed by atoms with Crippen molar-refractivity contribution in [3.8, 4) is 0 Å². The molecule has 1 aromatic heterocycles. The third-order valence-corrected chi connectivity index (χ3v) is 1.99. The van der Waals surface area contributed by atoms with Crippen LogP contribution in [0.15, 0.2) is 24.4 Å². The van der Waals surface area contributed by atoms with Gasteiger partial charge in [0.1, 0.15) is 0 Å². The zero-order valence-electron chi connectivity index (χ0n) is 7.87. The maximum absolute atomic E-state index is 7.61. The number of nitrogens with one attached hydrogen (secondary N) is 2. The van der Waals surface area contributed by atoms with Crippen molar-refractivity contribution < 1.29 is 4.74 Å². The monoisotopic (exact) mass is 189 g/mol. The zero-order valence-corrected chi connectivity index (χ0v) is 7.87. The SMILES string of the molecule is CCOC(=N)c1ccc2[nH]ncc2c1. The van der Waals surface area contributed by atoms with Crippen LogP contribution in [0.1, 0.15) is 12.5 Å². The quantitative estimate of drug-likeness (QED) is 0.560. The van der Waals surface area contributed by atoms with Crippen molar-refractivity contribution in [2.24, 2.45) is 0 Å². The average Bonchev–Trinajstić information content (AvgIpc) is 2.64. The van der Waals surface area contributed by atoms with E-state index in [9.17, 15) is 0 Å². The number of hydrogen-bond donors (Lipinski definition) is 2. The molecule has 0 aliphatic rings. The van der Waals surface area contributed by atoms with Gasteiger partial charge in [0.05, 0.1) is 18.3 Å². The second-order valence-electron chi connectivity index (χ2n) is 2.93. The molecule has 2 N–H and O–H groups in total. The van der Waals surface area contributed by atoms with E-state index in [1.165, 1.54) is 0 Å². The smallest absolute Gasteiger partial charge is 0.213 e. The number of hydrogen-bond acceptors (Lipinski definition) is 3. The first-order chi connectivity index (χ1) is 6.81. The molecular formula is C10H11N3O. The van der Waals surface area contributed by atoms with Gasteiger partial charge in [-0.05, 0) is 25.1 Å². The summed E-state index contributed by atoms with van der Waals surface area (Å²) in [4.78, 5) is 0. The Balaban J connectivity index is 2.38. The summed E-state index contributed by atoms with van der Waals surface area (Å²) in [6, 6.07) is 5.63. The maximum atomic E-state index is 7.61. The summed E-state index contributed by atoms with van der Waals surface area (Å²) in [5, 5.41) is 15.4. The number of benzene rings is 1. The average molecular weight is 189 g/mol. The number of ether oxygens (including phenoxy) is 1. The van der Waals surface area contributed by atoms with Crippen LogP contribution in [0.5, 0.6) is 0 Å². The molecule has 2 rings (SSSR count). The van der Waals surface area contributed by atoms with E-state index < -0.39 is 0 Å². The highest BCUT2D eigenvalue weighted by Crippen LogP contribution is 2.13. The molecule has 0 bridgehead atoms. The van der Waals surface area contributed by atoms with E-state index in [4.69, 9.17) is 10.1 Å². The lowest BCUT2D eigenvalue weighted by atomic mass is 10.1. The first-order valence-electron chi connectivity index (χ1n) is 4.46. The summed E-state index contributed by atoms with van der Waals surface area (Å²) < 4.78 is 5.11. The third-order valence-electron chi connectivity index (χ3n) is 1.99. The van der Waals surface area contributed by atoms with Crippen molar-refractivity contribution in [2.75, 3.05) is 6.61 Å². The number of rotatable bonds is 2. The Bertz CT molecular complexity index is 461. The van der Waals surface area contributed by atoms with Crippen LogP contribution in [0.25, 0.3) is 10.9 Å². The van der Waals surface area contributed by atoms with Gasteiger partial charge in [-0.25, -0.2) is 0 Å². The van der Waals surface area contributed by atoms with E-state index in [0.717, 1.165) is 16.5 Å². The Hall–Kier alpha value is -1.84. The van der Waals surface area contributed by atoms with Crippen LogP contribution < -0.4 is 0 Å². The van der Waals surface area contributed by atoms with Gasteiger partial charge in [0.25, 0.3) is 0 Å². The van der Waals surface area contributed by atoms with Crippen LogP contribution in [0.2, 0.25) is 0 Å². The van der Waals surface area contributed by atoms with Gasteiger partial charge in [0.15, 0.2) is 0 Å². The van der Waals surface area contributed by atoms with E-state index in [2.05, 4.69) is 10.2 Å². The first-order valence-corrected chi connectivity index (χ1v) is 4.46. The molecule has 1 aromatic carbocycles.